The Bertz CT molecular complexity index is 481. The van der Waals surface area contributed by atoms with Crippen LogP contribution in [-0.4, -0.2) is 25.1 Å². The van der Waals surface area contributed by atoms with Crippen molar-refractivity contribution in [1.82, 2.24) is 5.32 Å². The minimum Gasteiger partial charge on any atom is -0.486 e. The van der Waals surface area contributed by atoms with E-state index >= 15 is 0 Å². The van der Waals surface area contributed by atoms with Gasteiger partial charge in [0.1, 0.15) is 15.6 Å². The first-order valence-corrected chi connectivity index (χ1v) is 7.95. The van der Waals surface area contributed by atoms with E-state index in [2.05, 4.69) is 10.6 Å². The fourth-order valence-electron chi connectivity index (χ4n) is 1.87. The van der Waals surface area contributed by atoms with E-state index in [4.69, 9.17) is 10.5 Å². The molecule has 6 heteroatoms. The van der Waals surface area contributed by atoms with Crippen molar-refractivity contribution in [2.24, 2.45) is 5.92 Å². The molecule has 1 aliphatic rings. The second-order valence-electron chi connectivity index (χ2n) is 5.35. The average Bonchev–Trinajstić information content (AvgIpc) is 3.15. The van der Waals surface area contributed by atoms with Gasteiger partial charge < -0.3 is 21.1 Å². The molecule has 0 bridgehead atoms. The van der Waals surface area contributed by atoms with E-state index in [1.165, 1.54) is 24.2 Å². The van der Waals surface area contributed by atoms with Crippen molar-refractivity contribution in [3.8, 4) is 5.75 Å². The molecule has 20 heavy (non-hydrogen) atoms. The van der Waals surface area contributed by atoms with E-state index in [1.807, 2.05) is 20.8 Å². The highest BCUT2D eigenvalue weighted by molar-refractivity contribution is 7.19. The van der Waals surface area contributed by atoms with Crippen LogP contribution in [0, 0.1) is 5.92 Å². The molecule has 1 heterocycles. The third-order valence-corrected chi connectivity index (χ3v) is 4.19. The molecule has 1 fully saturated rings. The van der Waals surface area contributed by atoms with Crippen molar-refractivity contribution in [3.63, 3.8) is 0 Å². The second-order valence-corrected chi connectivity index (χ2v) is 6.37. The van der Waals surface area contributed by atoms with Gasteiger partial charge >= 0.3 is 0 Å². The average molecular weight is 297 g/mol. The number of amides is 1. The topological polar surface area (TPSA) is 76.4 Å². The van der Waals surface area contributed by atoms with Crippen LogP contribution in [0.2, 0.25) is 0 Å². The normalized spacial score (nSPS) is 14.4. The van der Waals surface area contributed by atoms with Gasteiger partial charge in [0.25, 0.3) is 5.91 Å². The van der Waals surface area contributed by atoms with Crippen LogP contribution in [0.4, 0.5) is 10.7 Å². The molecule has 0 saturated heterocycles. The van der Waals surface area contributed by atoms with E-state index in [0.717, 1.165) is 17.5 Å². The molecule has 0 radical (unpaired) electrons. The molecule has 0 aromatic carbocycles. The smallest absolute Gasteiger partial charge is 0.263 e. The number of hydrogen-bond acceptors (Lipinski definition) is 5. The summed E-state index contributed by atoms with van der Waals surface area (Å²) < 4.78 is 5.78. The lowest BCUT2D eigenvalue weighted by molar-refractivity contribution is 0.0960. The summed E-state index contributed by atoms with van der Waals surface area (Å²) in [5.41, 5.74) is 6.53. The molecule has 1 amide bonds. The summed E-state index contributed by atoms with van der Waals surface area (Å²) in [4.78, 5) is 12.5. The Kier molecular flexibility index (Phi) is 4.75. The standard InChI is InChI=1S/C14H23N3O2S/c1-4-16-13(18)12-10(15)11(19-8(2)3)14(20-12)17-7-9-5-6-9/h8-9,17H,4-7,15H2,1-3H3,(H,16,18). The van der Waals surface area contributed by atoms with Crippen molar-refractivity contribution in [1.29, 1.82) is 0 Å². The van der Waals surface area contributed by atoms with Gasteiger partial charge in [-0.05, 0) is 39.5 Å². The number of nitrogen functional groups attached to an aromatic ring is 1. The summed E-state index contributed by atoms with van der Waals surface area (Å²) in [6.45, 7) is 7.30. The molecule has 1 saturated carbocycles. The number of hydrogen-bond donors (Lipinski definition) is 3. The minimum atomic E-state index is -0.136. The van der Waals surface area contributed by atoms with E-state index < -0.39 is 0 Å². The molecule has 0 unspecified atom stereocenters. The zero-order valence-electron chi connectivity index (χ0n) is 12.3. The molecular formula is C14H23N3O2S. The Morgan fingerprint density at radius 2 is 2.20 bits per heavy atom. The molecule has 1 aromatic rings. The molecule has 1 aromatic heterocycles. The van der Waals surface area contributed by atoms with Crippen molar-refractivity contribution in [2.75, 3.05) is 24.1 Å². The number of thiophene rings is 1. The fourth-order valence-corrected chi connectivity index (χ4v) is 2.84. The number of carbonyl (C=O) groups excluding carboxylic acids is 1. The Hall–Kier alpha value is -1.43. The lowest BCUT2D eigenvalue weighted by Crippen LogP contribution is -2.22. The largest absolute Gasteiger partial charge is 0.486 e. The molecule has 112 valence electrons. The first kappa shape index (κ1) is 15.0. The quantitative estimate of drug-likeness (QED) is 0.723. The lowest BCUT2D eigenvalue weighted by Gasteiger charge is -2.12. The van der Waals surface area contributed by atoms with Gasteiger partial charge in [0.2, 0.25) is 0 Å². The van der Waals surface area contributed by atoms with Crippen LogP contribution in [0.5, 0.6) is 5.75 Å². The molecule has 5 nitrogen and oxygen atoms in total. The molecule has 0 aliphatic heterocycles. The summed E-state index contributed by atoms with van der Waals surface area (Å²) in [6.07, 6.45) is 2.57. The number of anilines is 2. The third kappa shape index (κ3) is 3.56. The van der Waals surface area contributed by atoms with E-state index in [-0.39, 0.29) is 12.0 Å². The lowest BCUT2D eigenvalue weighted by atomic mass is 10.3. The summed E-state index contributed by atoms with van der Waals surface area (Å²) in [6, 6.07) is 0. The zero-order chi connectivity index (χ0) is 14.7. The van der Waals surface area contributed by atoms with E-state index in [0.29, 0.717) is 22.9 Å². The van der Waals surface area contributed by atoms with Gasteiger partial charge in [-0.1, -0.05) is 0 Å². The molecule has 0 atom stereocenters. The predicted molar refractivity (Wildman–Crippen MR) is 83.7 cm³/mol. The summed E-state index contributed by atoms with van der Waals surface area (Å²) >= 11 is 1.37. The monoisotopic (exact) mass is 297 g/mol. The van der Waals surface area contributed by atoms with Crippen LogP contribution in [0.1, 0.15) is 43.3 Å². The summed E-state index contributed by atoms with van der Waals surface area (Å²) in [7, 11) is 0. The second kappa shape index (κ2) is 6.35. The Morgan fingerprint density at radius 1 is 1.50 bits per heavy atom. The SMILES string of the molecule is CCNC(=O)c1sc(NCC2CC2)c(OC(C)C)c1N. The van der Waals surface area contributed by atoms with Gasteiger partial charge in [-0.15, -0.1) is 11.3 Å². The summed E-state index contributed by atoms with van der Waals surface area (Å²) in [5, 5.41) is 7.02. The number of nitrogens with one attached hydrogen (secondary N) is 2. The first-order valence-electron chi connectivity index (χ1n) is 7.13. The van der Waals surface area contributed by atoms with Crippen LogP contribution in [0.3, 0.4) is 0 Å². The van der Waals surface area contributed by atoms with Gasteiger partial charge in [-0.2, -0.15) is 0 Å². The number of rotatable bonds is 7. The fraction of sp³-hybridized carbons (Fsp3) is 0.643. The van der Waals surface area contributed by atoms with Crippen LogP contribution >= 0.6 is 11.3 Å². The highest BCUT2D eigenvalue weighted by Gasteiger charge is 2.25. The van der Waals surface area contributed by atoms with E-state index in [9.17, 15) is 4.79 Å². The number of nitrogens with two attached hydrogens (primary N) is 1. The van der Waals surface area contributed by atoms with Gasteiger partial charge in [0.05, 0.1) is 6.10 Å². The molecule has 1 aliphatic carbocycles. The Morgan fingerprint density at radius 3 is 2.75 bits per heavy atom. The highest BCUT2D eigenvalue weighted by atomic mass is 32.1. The van der Waals surface area contributed by atoms with Crippen LogP contribution in [0.15, 0.2) is 0 Å². The molecular weight excluding hydrogens is 274 g/mol. The maximum Gasteiger partial charge on any atom is 0.263 e. The number of ether oxygens (including phenoxy) is 1. The van der Waals surface area contributed by atoms with Crippen molar-refractivity contribution in [3.05, 3.63) is 4.88 Å². The maximum absolute atomic E-state index is 12.0. The van der Waals surface area contributed by atoms with Gasteiger partial charge in [-0.25, -0.2) is 0 Å². The zero-order valence-corrected chi connectivity index (χ0v) is 13.1. The van der Waals surface area contributed by atoms with E-state index in [1.54, 1.807) is 0 Å². The molecule has 4 N–H and O–H groups in total. The highest BCUT2D eigenvalue weighted by Crippen LogP contribution is 2.44. The van der Waals surface area contributed by atoms with Gasteiger partial charge in [-0.3, -0.25) is 4.79 Å². The van der Waals surface area contributed by atoms with Crippen molar-refractivity contribution >= 4 is 27.9 Å². The predicted octanol–water partition coefficient (Wildman–Crippen LogP) is 2.69. The van der Waals surface area contributed by atoms with Crippen molar-refractivity contribution in [2.45, 2.75) is 39.7 Å². The molecule has 0 spiro atoms. The molecule has 2 rings (SSSR count). The maximum atomic E-state index is 12.0. The van der Waals surface area contributed by atoms with Crippen LogP contribution in [0.25, 0.3) is 0 Å². The Labute approximate surface area is 123 Å². The van der Waals surface area contributed by atoms with Crippen molar-refractivity contribution < 1.29 is 9.53 Å². The Balaban J connectivity index is 2.21. The first-order chi connectivity index (χ1) is 9.52. The van der Waals surface area contributed by atoms with Crippen LogP contribution in [-0.2, 0) is 0 Å². The third-order valence-electron chi connectivity index (χ3n) is 3.04. The van der Waals surface area contributed by atoms with Gasteiger partial charge in [0, 0.05) is 13.1 Å². The minimum absolute atomic E-state index is 0.0236. The number of carbonyl (C=O) groups is 1. The van der Waals surface area contributed by atoms with Crippen LogP contribution < -0.4 is 21.1 Å². The summed E-state index contributed by atoms with van der Waals surface area (Å²) in [5.74, 6) is 1.23. The van der Waals surface area contributed by atoms with Gasteiger partial charge in [0.15, 0.2) is 5.75 Å².